The Balaban J connectivity index is 2.15. The van der Waals surface area contributed by atoms with Crippen LogP contribution in [0, 0.1) is 5.75 Å². The summed E-state index contributed by atoms with van der Waals surface area (Å²) >= 11 is 1.71. The lowest BCUT2D eigenvalue weighted by molar-refractivity contribution is 0.791. The average molecular weight is 239 g/mol. The van der Waals surface area contributed by atoms with Crippen molar-refractivity contribution in [2.45, 2.75) is 5.41 Å². The van der Waals surface area contributed by atoms with Gasteiger partial charge in [-0.25, -0.2) is 0 Å². The Bertz CT molecular complexity index is 483. The number of nitrogens with zero attached hydrogens (tertiary/aromatic N) is 2. The van der Waals surface area contributed by atoms with E-state index < -0.39 is 0 Å². The van der Waals surface area contributed by atoms with Gasteiger partial charge < -0.3 is 0 Å². The monoisotopic (exact) mass is 239 g/mol. The van der Waals surface area contributed by atoms with Crippen LogP contribution in [0.1, 0.15) is 11.1 Å². The van der Waals surface area contributed by atoms with E-state index in [1.165, 1.54) is 11.1 Å². The summed E-state index contributed by atoms with van der Waals surface area (Å²) in [7, 11) is 0. The summed E-state index contributed by atoms with van der Waals surface area (Å²) in [6.45, 7) is 0. The Morgan fingerprint density at radius 1 is 0.941 bits per heavy atom. The summed E-state index contributed by atoms with van der Waals surface area (Å²) in [5, 5.41) is 2.11. The maximum atomic E-state index is 4.22. The molecule has 0 saturated heterocycles. The van der Waals surface area contributed by atoms with Crippen LogP contribution in [0.25, 0.3) is 0 Å². The van der Waals surface area contributed by atoms with Gasteiger partial charge in [-0.1, -0.05) is 18.2 Å². The number of hydrogen-bond donors (Lipinski definition) is 0. The van der Waals surface area contributed by atoms with E-state index >= 15 is 0 Å². The SMILES string of the molecule is [CH]1SC=CC1(c1cccnc1)c1cccnc1. The van der Waals surface area contributed by atoms with E-state index in [0.717, 1.165) is 0 Å². The predicted molar refractivity (Wildman–Crippen MR) is 70.3 cm³/mol. The van der Waals surface area contributed by atoms with Crippen LogP contribution >= 0.6 is 11.8 Å². The summed E-state index contributed by atoms with van der Waals surface area (Å²) < 4.78 is 0. The number of allylic oxidation sites excluding steroid dienone is 1. The molecule has 0 unspecified atom stereocenters. The molecule has 2 aromatic heterocycles. The van der Waals surface area contributed by atoms with E-state index in [4.69, 9.17) is 0 Å². The second-order valence-corrected chi connectivity index (χ2v) is 4.69. The molecule has 0 atom stereocenters. The highest BCUT2D eigenvalue weighted by Gasteiger charge is 2.35. The van der Waals surface area contributed by atoms with Crippen molar-refractivity contribution in [3.63, 3.8) is 0 Å². The van der Waals surface area contributed by atoms with Gasteiger partial charge in [0.2, 0.25) is 0 Å². The summed E-state index contributed by atoms with van der Waals surface area (Å²) in [5.74, 6) is 2.22. The smallest absolute Gasteiger partial charge is 0.0553 e. The van der Waals surface area contributed by atoms with Gasteiger partial charge in [0, 0.05) is 30.5 Å². The molecular weight excluding hydrogens is 228 g/mol. The number of pyridine rings is 2. The van der Waals surface area contributed by atoms with Gasteiger partial charge in [-0.15, -0.1) is 11.8 Å². The number of aromatic nitrogens is 2. The maximum absolute atomic E-state index is 4.22. The van der Waals surface area contributed by atoms with Crippen molar-refractivity contribution in [2.24, 2.45) is 0 Å². The highest BCUT2D eigenvalue weighted by molar-refractivity contribution is 8.04. The van der Waals surface area contributed by atoms with E-state index in [0.29, 0.717) is 0 Å². The molecular formula is C14H11N2S. The number of thioether (sulfide) groups is 1. The molecule has 3 heterocycles. The van der Waals surface area contributed by atoms with Crippen LogP contribution in [0.2, 0.25) is 0 Å². The molecule has 0 aromatic carbocycles. The Hall–Kier alpha value is -1.61. The van der Waals surface area contributed by atoms with Gasteiger partial charge in [0.1, 0.15) is 0 Å². The van der Waals surface area contributed by atoms with Gasteiger partial charge in [-0.2, -0.15) is 0 Å². The first-order chi connectivity index (χ1) is 8.42. The topological polar surface area (TPSA) is 25.8 Å². The van der Waals surface area contributed by atoms with Crippen molar-refractivity contribution in [1.29, 1.82) is 0 Å². The normalized spacial score (nSPS) is 17.2. The van der Waals surface area contributed by atoms with Crippen LogP contribution < -0.4 is 0 Å². The quantitative estimate of drug-likeness (QED) is 0.805. The molecule has 1 aliphatic heterocycles. The highest BCUT2D eigenvalue weighted by Crippen LogP contribution is 2.44. The summed E-state index contributed by atoms with van der Waals surface area (Å²) in [5.41, 5.74) is 2.16. The molecule has 0 fully saturated rings. The number of hydrogen-bond acceptors (Lipinski definition) is 3. The van der Waals surface area contributed by atoms with Crippen molar-refractivity contribution in [3.8, 4) is 0 Å². The molecule has 1 radical (unpaired) electrons. The molecule has 2 aromatic rings. The Labute approximate surface area is 105 Å². The summed E-state index contributed by atoms with van der Waals surface area (Å²) in [6.07, 6.45) is 9.63. The zero-order chi connectivity index (χ0) is 11.6. The lowest BCUT2D eigenvalue weighted by Gasteiger charge is -2.26. The minimum atomic E-state index is -0.187. The molecule has 3 heteroatoms. The van der Waals surface area contributed by atoms with E-state index in [1.54, 1.807) is 24.2 Å². The fourth-order valence-electron chi connectivity index (χ4n) is 2.04. The van der Waals surface area contributed by atoms with Crippen LogP contribution in [0.4, 0.5) is 0 Å². The third kappa shape index (κ3) is 1.76. The molecule has 0 bridgehead atoms. The third-order valence-corrected chi connectivity index (χ3v) is 3.74. The molecule has 83 valence electrons. The van der Waals surface area contributed by atoms with Crippen molar-refractivity contribution < 1.29 is 0 Å². The lowest BCUT2D eigenvalue weighted by atomic mass is 9.78. The van der Waals surface area contributed by atoms with Gasteiger partial charge in [0.15, 0.2) is 0 Å². The first kappa shape index (κ1) is 10.5. The first-order valence-corrected chi connectivity index (χ1v) is 6.35. The molecule has 17 heavy (non-hydrogen) atoms. The van der Waals surface area contributed by atoms with E-state index in [-0.39, 0.29) is 5.41 Å². The van der Waals surface area contributed by atoms with Crippen molar-refractivity contribution in [1.82, 2.24) is 9.97 Å². The van der Waals surface area contributed by atoms with Crippen LogP contribution in [-0.4, -0.2) is 9.97 Å². The van der Waals surface area contributed by atoms with Gasteiger partial charge in [0.05, 0.1) is 5.41 Å². The minimum Gasteiger partial charge on any atom is -0.264 e. The predicted octanol–water partition coefficient (Wildman–Crippen LogP) is 3.18. The van der Waals surface area contributed by atoms with Crippen molar-refractivity contribution in [3.05, 3.63) is 77.4 Å². The van der Waals surface area contributed by atoms with Gasteiger partial charge >= 0.3 is 0 Å². The van der Waals surface area contributed by atoms with Gasteiger partial charge in [0.25, 0.3) is 0 Å². The van der Waals surface area contributed by atoms with E-state index in [9.17, 15) is 0 Å². The van der Waals surface area contributed by atoms with E-state index in [2.05, 4.69) is 39.3 Å². The zero-order valence-corrected chi connectivity index (χ0v) is 9.97. The van der Waals surface area contributed by atoms with Crippen LogP contribution in [0.5, 0.6) is 0 Å². The zero-order valence-electron chi connectivity index (χ0n) is 9.15. The van der Waals surface area contributed by atoms with E-state index in [1.807, 2.05) is 24.5 Å². The third-order valence-electron chi connectivity index (χ3n) is 2.94. The van der Waals surface area contributed by atoms with Gasteiger partial charge in [-0.05, 0) is 28.7 Å². The lowest BCUT2D eigenvalue weighted by Crippen LogP contribution is -2.22. The van der Waals surface area contributed by atoms with Crippen molar-refractivity contribution >= 4 is 11.8 Å². The fraction of sp³-hybridized carbons (Fsp3) is 0.0714. The first-order valence-electron chi connectivity index (χ1n) is 5.40. The molecule has 0 aliphatic carbocycles. The Morgan fingerprint density at radius 2 is 1.59 bits per heavy atom. The molecule has 0 amide bonds. The summed E-state index contributed by atoms with van der Waals surface area (Å²) in [4.78, 5) is 8.43. The largest absolute Gasteiger partial charge is 0.264 e. The van der Waals surface area contributed by atoms with Crippen LogP contribution in [-0.2, 0) is 5.41 Å². The molecule has 0 spiro atoms. The Kier molecular flexibility index (Phi) is 2.69. The maximum Gasteiger partial charge on any atom is 0.0553 e. The van der Waals surface area contributed by atoms with Crippen LogP contribution in [0.15, 0.2) is 60.5 Å². The molecule has 2 nitrogen and oxygen atoms in total. The highest BCUT2D eigenvalue weighted by atomic mass is 32.2. The van der Waals surface area contributed by atoms with Crippen molar-refractivity contribution in [2.75, 3.05) is 0 Å². The fourth-order valence-corrected chi connectivity index (χ4v) is 2.98. The molecule has 0 N–H and O–H groups in total. The second-order valence-electron chi connectivity index (χ2n) is 3.91. The summed E-state index contributed by atoms with van der Waals surface area (Å²) in [6, 6.07) is 8.15. The second kappa shape index (κ2) is 4.34. The average Bonchev–Trinajstić information content (AvgIpc) is 2.91. The molecule has 1 aliphatic rings. The molecule has 3 rings (SSSR count). The van der Waals surface area contributed by atoms with Gasteiger partial charge in [-0.3, -0.25) is 9.97 Å². The number of rotatable bonds is 2. The van der Waals surface area contributed by atoms with Crippen LogP contribution in [0.3, 0.4) is 0 Å². The standard InChI is InChI=1S/C14H11N2S/c1-3-12(9-15-6-1)14(5-8-17-11-14)13-4-2-7-16-10-13/h1-11H. The minimum absolute atomic E-state index is 0.187. The molecule has 0 saturated carbocycles. The Morgan fingerprint density at radius 3 is 2.00 bits per heavy atom.